The maximum absolute atomic E-state index is 6.26. The molecule has 1 fully saturated rings. The molecule has 0 aromatic heterocycles. The molecular weight excluding hydrogens is 330 g/mol. The van der Waals surface area contributed by atoms with E-state index < -0.39 is 0 Å². The van der Waals surface area contributed by atoms with Gasteiger partial charge in [0.2, 0.25) is 0 Å². The Bertz CT molecular complexity index is 732. The number of nitrogens with zero attached hydrogens (tertiary/aromatic N) is 3. The van der Waals surface area contributed by atoms with E-state index in [0.717, 1.165) is 43.3 Å². The molecule has 2 aromatic carbocycles. The van der Waals surface area contributed by atoms with Crippen molar-refractivity contribution in [1.29, 1.82) is 0 Å². The Hall–Kier alpha value is -2.10. The quantitative estimate of drug-likeness (QED) is 0.734. The molecule has 1 aliphatic heterocycles. The van der Waals surface area contributed by atoms with Crippen LogP contribution in [0.15, 0.2) is 65.3 Å². The number of allylic oxidation sites excluding steroid dienone is 1. The van der Waals surface area contributed by atoms with Gasteiger partial charge in [-0.15, -0.1) is 0 Å². The summed E-state index contributed by atoms with van der Waals surface area (Å²) in [5.74, 6) is 0. The number of rotatable bonds is 5. The van der Waals surface area contributed by atoms with E-state index in [-0.39, 0.29) is 0 Å². The minimum Gasteiger partial charge on any atom is -0.295 e. The lowest BCUT2D eigenvalue weighted by molar-refractivity contribution is 0.131. The highest BCUT2D eigenvalue weighted by atomic mass is 35.5. The second kappa shape index (κ2) is 8.84. The summed E-state index contributed by atoms with van der Waals surface area (Å²) in [6.07, 6.45) is 4.11. The Morgan fingerprint density at radius 3 is 2.40 bits per heavy atom. The summed E-state index contributed by atoms with van der Waals surface area (Å²) in [6.45, 7) is 6.89. The van der Waals surface area contributed by atoms with E-state index >= 15 is 0 Å². The predicted octanol–water partition coefficient (Wildman–Crippen LogP) is 4.55. The Morgan fingerprint density at radius 2 is 1.68 bits per heavy atom. The zero-order chi connectivity index (χ0) is 17.5. The van der Waals surface area contributed by atoms with Gasteiger partial charge in [-0.1, -0.05) is 66.2 Å². The number of piperazine rings is 1. The first-order valence-corrected chi connectivity index (χ1v) is 9.06. The molecule has 1 saturated heterocycles. The molecule has 0 spiro atoms. The Labute approximate surface area is 155 Å². The molecule has 0 amide bonds. The van der Waals surface area contributed by atoms with Crippen molar-refractivity contribution in [2.75, 3.05) is 26.2 Å². The number of halogens is 1. The second-order valence-electron chi connectivity index (χ2n) is 6.36. The molecule has 0 N–H and O–H groups in total. The summed E-state index contributed by atoms with van der Waals surface area (Å²) in [6, 6.07) is 18.4. The molecule has 2 aromatic rings. The first-order valence-electron chi connectivity index (χ1n) is 8.69. The van der Waals surface area contributed by atoms with Crippen molar-refractivity contribution < 1.29 is 0 Å². The van der Waals surface area contributed by atoms with Crippen molar-refractivity contribution in [3.63, 3.8) is 0 Å². The van der Waals surface area contributed by atoms with Crippen LogP contribution in [0.3, 0.4) is 0 Å². The molecule has 3 nitrogen and oxygen atoms in total. The lowest BCUT2D eigenvalue weighted by atomic mass is 10.1. The van der Waals surface area contributed by atoms with Gasteiger partial charge in [0.15, 0.2) is 0 Å². The van der Waals surface area contributed by atoms with E-state index in [2.05, 4.69) is 58.3 Å². The first-order chi connectivity index (χ1) is 12.2. The van der Waals surface area contributed by atoms with Gasteiger partial charge < -0.3 is 0 Å². The van der Waals surface area contributed by atoms with Crippen LogP contribution in [0.4, 0.5) is 0 Å². The van der Waals surface area contributed by atoms with E-state index in [4.69, 9.17) is 11.6 Å². The molecule has 1 heterocycles. The van der Waals surface area contributed by atoms with Crippen molar-refractivity contribution in [3.05, 3.63) is 76.3 Å². The predicted molar refractivity (Wildman–Crippen MR) is 107 cm³/mol. The van der Waals surface area contributed by atoms with E-state index in [9.17, 15) is 0 Å². The molecular formula is C21H24ClN3. The van der Waals surface area contributed by atoms with Crippen LogP contribution >= 0.6 is 11.6 Å². The van der Waals surface area contributed by atoms with Crippen LogP contribution in [0, 0.1) is 0 Å². The molecule has 1 aliphatic rings. The third-order valence-electron chi connectivity index (χ3n) is 4.32. The average Bonchev–Trinajstić information content (AvgIpc) is 2.64. The normalized spacial score (nSPS) is 16.6. The van der Waals surface area contributed by atoms with Crippen molar-refractivity contribution in [2.24, 2.45) is 5.10 Å². The van der Waals surface area contributed by atoms with Crippen LogP contribution in [-0.2, 0) is 6.54 Å². The molecule has 0 aliphatic carbocycles. The number of hydrazone groups is 1. The second-order valence-corrected chi connectivity index (χ2v) is 6.77. The summed E-state index contributed by atoms with van der Waals surface area (Å²) >= 11 is 6.26. The smallest absolute Gasteiger partial charge is 0.0499 e. The van der Waals surface area contributed by atoms with Crippen molar-refractivity contribution in [2.45, 2.75) is 13.5 Å². The van der Waals surface area contributed by atoms with Crippen LogP contribution in [0.1, 0.15) is 18.1 Å². The van der Waals surface area contributed by atoms with Crippen LogP contribution in [-0.4, -0.2) is 42.3 Å². The molecule has 4 heteroatoms. The summed E-state index contributed by atoms with van der Waals surface area (Å²) < 4.78 is 0. The standard InChI is InChI=1S/C21H24ClN3/c1-18(15-19-7-3-2-4-8-19)16-23-25-13-11-24(12-14-25)17-20-9-5-6-10-21(20)22/h2-10,15-16H,11-14,17H2,1H3. The van der Waals surface area contributed by atoms with Gasteiger partial charge in [-0.2, -0.15) is 5.10 Å². The highest BCUT2D eigenvalue weighted by molar-refractivity contribution is 6.31. The van der Waals surface area contributed by atoms with Crippen LogP contribution < -0.4 is 0 Å². The number of hydrogen-bond acceptors (Lipinski definition) is 3. The fourth-order valence-corrected chi connectivity index (χ4v) is 3.10. The largest absolute Gasteiger partial charge is 0.295 e. The maximum Gasteiger partial charge on any atom is 0.0499 e. The highest BCUT2D eigenvalue weighted by Gasteiger charge is 2.16. The lowest BCUT2D eigenvalue weighted by Gasteiger charge is -2.33. The van der Waals surface area contributed by atoms with E-state index in [1.54, 1.807) is 0 Å². The number of hydrogen-bond donors (Lipinski definition) is 0. The van der Waals surface area contributed by atoms with Gasteiger partial charge >= 0.3 is 0 Å². The molecule has 130 valence electrons. The Morgan fingerprint density at radius 1 is 1.00 bits per heavy atom. The summed E-state index contributed by atoms with van der Waals surface area (Å²) in [7, 11) is 0. The first kappa shape index (κ1) is 17.7. The van der Waals surface area contributed by atoms with Gasteiger partial charge in [0, 0.05) is 44.0 Å². The van der Waals surface area contributed by atoms with E-state index in [0.29, 0.717) is 0 Å². The molecule has 25 heavy (non-hydrogen) atoms. The van der Waals surface area contributed by atoms with Gasteiger partial charge in [-0.3, -0.25) is 9.91 Å². The van der Waals surface area contributed by atoms with Gasteiger partial charge in [0.25, 0.3) is 0 Å². The van der Waals surface area contributed by atoms with Gasteiger partial charge in [-0.25, -0.2) is 0 Å². The highest BCUT2D eigenvalue weighted by Crippen LogP contribution is 2.18. The monoisotopic (exact) mass is 353 g/mol. The SMILES string of the molecule is CC(C=NN1CCN(Cc2ccccc2Cl)CC1)=Cc1ccccc1. The number of benzene rings is 2. The summed E-state index contributed by atoms with van der Waals surface area (Å²) in [5.41, 5.74) is 3.56. The van der Waals surface area contributed by atoms with E-state index in [1.165, 1.54) is 11.1 Å². The van der Waals surface area contributed by atoms with Crippen molar-refractivity contribution >= 4 is 23.9 Å². The third-order valence-corrected chi connectivity index (χ3v) is 4.69. The molecule has 3 rings (SSSR count). The zero-order valence-corrected chi connectivity index (χ0v) is 15.4. The van der Waals surface area contributed by atoms with Crippen molar-refractivity contribution in [3.8, 4) is 0 Å². The van der Waals surface area contributed by atoms with Crippen LogP contribution in [0.25, 0.3) is 6.08 Å². The van der Waals surface area contributed by atoms with Gasteiger partial charge in [0.05, 0.1) is 0 Å². The Balaban J connectivity index is 1.49. The minimum atomic E-state index is 0.852. The van der Waals surface area contributed by atoms with Crippen LogP contribution in [0.5, 0.6) is 0 Å². The van der Waals surface area contributed by atoms with Gasteiger partial charge in [0.1, 0.15) is 0 Å². The fourth-order valence-electron chi connectivity index (χ4n) is 2.90. The molecule has 0 bridgehead atoms. The summed E-state index contributed by atoms with van der Waals surface area (Å²) in [5, 5.41) is 7.62. The zero-order valence-electron chi connectivity index (χ0n) is 14.6. The third kappa shape index (κ3) is 5.45. The van der Waals surface area contributed by atoms with Crippen LogP contribution in [0.2, 0.25) is 5.02 Å². The Kier molecular flexibility index (Phi) is 6.26. The minimum absolute atomic E-state index is 0.852. The van der Waals surface area contributed by atoms with E-state index in [1.807, 2.05) is 30.5 Å². The molecule has 0 unspecified atom stereocenters. The average molecular weight is 354 g/mol. The molecule has 0 saturated carbocycles. The topological polar surface area (TPSA) is 18.8 Å². The lowest BCUT2D eigenvalue weighted by Crippen LogP contribution is -2.43. The van der Waals surface area contributed by atoms with Gasteiger partial charge in [-0.05, 0) is 29.7 Å². The summed E-state index contributed by atoms with van der Waals surface area (Å²) in [4.78, 5) is 2.43. The fraction of sp³-hybridized carbons (Fsp3) is 0.286. The van der Waals surface area contributed by atoms with Crippen molar-refractivity contribution in [1.82, 2.24) is 9.91 Å². The molecule has 0 atom stereocenters. The maximum atomic E-state index is 6.26. The molecule has 0 radical (unpaired) electrons.